The number of hydrogen-bond acceptors (Lipinski definition) is 5. The lowest BCUT2D eigenvalue weighted by Crippen LogP contribution is -2.52. The van der Waals surface area contributed by atoms with Crippen LogP contribution in [0.2, 0.25) is 0 Å². The van der Waals surface area contributed by atoms with E-state index in [0.717, 1.165) is 0 Å². The fraction of sp³-hybridized carbons (Fsp3) is 0.455. The van der Waals surface area contributed by atoms with Gasteiger partial charge in [0.25, 0.3) is 10.0 Å². The Morgan fingerprint density at radius 1 is 1.29 bits per heavy atom. The first-order valence-corrected chi connectivity index (χ1v) is 8.58. The van der Waals surface area contributed by atoms with Gasteiger partial charge in [0.1, 0.15) is 4.21 Å². The van der Waals surface area contributed by atoms with E-state index in [1.54, 1.807) is 17.5 Å². The average Bonchev–Trinajstić information content (AvgIpc) is 2.99. The maximum atomic E-state index is 12.3. The van der Waals surface area contributed by atoms with Crippen molar-refractivity contribution in [1.29, 1.82) is 0 Å². The van der Waals surface area contributed by atoms with E-state index in [9.17, 15) is 18.0 Å². The molecule has 2 heterocycles. The fourth-order valence-corrected chi connectivity index (χ4v) is 4.56. The number of rotatable bonds is 4. The number of thiophene rings is 1. The molecule has 1 aromatic rings. The summed E-state index contributed by atoms with van der Waals surface area (Å²) in [4.78, 5) is 23.8. The quantitative estimate of drug-likeness (QED) is 0.755. The van der Waals surface area contributed by atoms with Gasteiger partial charge >= 0.3 is 6.03 Å². The standard InChI is InChI=1S/C11H16N4O4S2/c12-11(17)13-8-9(16)14-3-5-15(6-4-14)21(18,19)10-2-1-7-20-10/h1-2,7H,3-6,8H2,(H3,12,13,17). The number of amides is 3. The Hall–Kier alpha value is -1.65. The number of nitrogens with two attached hydrogens (primary N) is 1. The zero-order chi connectivity index (χ0) is 15.5. The molecule has 0 spiro atoms. The second kappa shape index (κ2) is 6.41. The van der Waals surface area contributed by atoms with E-state index in [-0.39, 0.29) is 25.5 Å². The van der Waals surface area contributed by atoms with Crippen molar-refractivity contribution in [2.45, 2.75) is 4.21 Å². The van der Waals surface area contributed by atoms with Crippen LogP contribution in [0.1, 0.15) is 0 Å². The first-order valence-electron chi connectivity index (χ1n) is 6.26. The predicted molar refractivity (Wildman–Crippen MR) is 77.2 cm³/mol. The van der Waals surface area contributed by atoms with Crippen molar-refractivity contribution >= 4 is 33.3 Å². The number of nitrogens with zero attached hydrogens (tertiary/aromatic N) is 2. The van der Waals surface area contributed by atoms with Crippen LogP contribution in [-0.2, 0) is 14.8 Å². The van der Waals surface area contributed by atoms with E-state index >= 15 is 0 Å². The van der Waals surface area contributed by atoms with Gasteiger partial charge in [-0.25, -0.2) is 13.2 Å². The zero-order valence-electron chi connectivity index (χ0n) is 11.2. The van der Waals surface area contributed by atoms with Gasteiger partial charge in [-0.2, -0.15) is 4.31 Å². The van der Waals surface area contributed by atoms with Crippen molar-refractivity contribution in [3.05, 3.63) is 17.5 Å². The van der Waals surface area contributed by atoms with Gasteiger partial charge < -0.3 is 16.0 Å². The van der Waals surface area contributed by atoms with Crippen LogP contribution in [0, 0.1) is 0 Å². The molecule has 0 saturated carbocycles. The minimum absolute atomic E-state index is 0.174. The summed E-state index contributed by atoms with van der Waals surface area (Å²) >= 11 is 1.17. The number of hydrogen-bond donors (Lipinski definition) is 2. The van der Waals surface area contributed by atoms with E-state index < -0.39 is 16.1 Å². The van der Waals surface area contributed by atoms with Gasteiger partial charge in [0.15, 0.2) is 0 Å². The fourth-order valence-electron chi connectivity index (χ4n) is 1.99. The monoisotopic (exact) mass is 332 g/mol. The Kier molecular flexibility index (Phi) is 4.80. The molecular weight excluding hydrogens is 316 g/mol. The van der Waals surface area contributed by atoms with E-state index in [0.29, 0.717) is 17.3 Å². The van der Waals surface area contributed by atoms with Crippen LogP contribution in [0.15, 0.2) is 21.7 Å². The molecular formula is C11H16N4O4S2. The average molecular weight is 332 g/mol. The Labute approximate surface area is 126 Å². The SMILES string of the molecule is NC(=O)NCC(=O)N1CCN(S(=O)(=O)c2cccs2)CC1. The van der Waals surface area contributed by atoms with Crippen LogP contribution in [-0.4, -0.2) is 62.3 Å². The number of nitrogens with one attached hydrogen (secondary N) is 1. The number of primary amides is 1. The molecule has 21 heavy (non-hydrogen) atoms. The normalized spacial score (nSPS) is 16.7. The maximum absolute atomic E-state index is 12.3. The summed E-state index contributed by atoms with van der Waals surface area (Å²) in [6.45, 7) is 0.895. The Morgan fingerprint density at radius 3 is 2.48 bits per heavy atom. The highest BCUT2D eigenvalue weighted by Crippen LogP contribution is 2.21. The van der Waals surface area contributed by atoms with Gasteiger partial charge in [0.05, 0.1) is 6.54 Å². The highest BCUT2D eigenvalue weighted by molar-refractivity contribution is 7.91. The molecule has 0 aromatic carbocycles. The molecule has 3 N–H and O–H groups in total. The molecule has 0 aliphatic carbocycles. The molecule has 2 rings (SSSR count). The van der Waals surface area contributed by atoms with Gasteiger partial charge in [0, 0.05) is 26.2 Å². The number of urea groups is 1. The second-order valence-electron chi connectivity index (χ2n) is 4.43. The molecule has 0 atom stereocenters. The summed E-state index contributed by atoms with van der Waals surface area (Å²) in [5.74, 6) is -0.276. The molecule has 1 fully saturated rings. The molecule has 116 valence electrons. The molecule has 3 amide bonds. The predicted octanol–water partition coefficient (Wildman–Crippen LogP) is -0.751. The lowest BCUT2D eigenvalue weighted by Gasteiger charge is -2.33. The van der Waals surface area contributed by atoms with Crippen LogP contribution in [0.5, 0.6) is 0 Å². The zero-order valence-corrected chi connectivity index (χ0v) is 12.8. The first kappa shape index (κ1) is 15.7. The highest BCUT2D eigenvalue weighted by atomic mass is 32.2. The van der Waals surface area contributed by atoms with Gasteiger partial charge in [0.2, 0.25) is 5.91 Å². The van der Waals surface area contributed by atoms with E-state index in [2.05, 4.69) is 5.32 Å². The molecule has 8 nitrogen and oxygen atoms in total. The Morgan fingerprint density at radius 2 is 1.95 bits per heavy atom. The molecule has 0 bridgehead atoms. The van der Waals surface area contributed by atoms with Crippen molar-refractivity contribution in [2.75, 3.05) is 32.7 Å². The molecule has 1 saturated heterocycles. The minimum atomic E-state index is -3.47. The van der Waals surface area contributed by atoms with Crippen molar-refractivity contribution in [2.24, 2.45) is 5.73 Å². The second-order valence-corrected chi connectivity index (χ2v) is 7.55. The van der Waals surface area contributed by atoms with Gasteiger partial charge in [-0.3, -0.25) is 4.79 Å². The topological polar surface area (TPSA) is 113 Å². The van der Waals surface area contributed by atoms with Crippen LogP contribution in [0.3, 0.4) is 0 Å². The number of sulfonamides is 1. The van der Waals surface area contributed by atoms with Crippen molar-refractivity contribution in [1.82, 2.24) is 14.5 Å². The molecule has 0 radical (unpaired) electrons. The molecule has 1 aliphatic rings. The minimum Gasteiger partial charge on any atom is -0.352 e. The van der Waals surface area contributed by atoms with Crippen LogP contribution >= 0.6 is 11.3 Å². The third-order valence-corrected chi connectivity index (χ3v) is 6.37. The van der Waals surface area contributed by atoms with Gasteiger partial charge in [-0.05, 0) is 11.4 Å². The van der Waals surface area contributed by atoms with Crippen molar-refractivity contribution < 1.29 is 18.0 Å². The molecule has 0 unspecified atom stereocenters. The van der Waals surface area contributed by atoms with Crippen LogP contribution in [0.25, 0.3) is 0 Å². The van der Waals surface area contributed by atoms with E-state index in [1.807, 2.05) is 0 Å². The van der Waals surface area contributed by atoms with E-state index in [1.165, 1.54) is 20.5 Å². The largest absolute Gasteiger partial charge is 0.352 e. The van der Waals surface area contributed by atoms with Crippen molar-refractivity contribution in [3.8, 4) is 0 Å². The smallest absolute Gasteiger partial charge is 0.312 e. The summed E-state index contributed by atoms with van der Waals surface area (Å²) in [5.41, 5.74) is 4.90. The summed E-state index contributed by atoms with van der Waals surface area (Å²) in [6.07, 6.45) is 0. The van der Waals surface area contributed by atoms with Crippen LogP contribution < -0.4 is 11.1 Å². The number of piperazine rings is 1. The highest BCUT2D eigenvalue weighted by Gasteiger charge is 2.30. The first-order chi connectivity index (χ1) is 9.91. The number of carbonyl (C=O) groups excluding carboxylic acids is 2. The van der Waals surface area contributed by atoms with Crippen LogP contribution in [0.4, 0.5) is 4.79 Å². The summed E-state index contributed by atoms with van der Waals surface area (Å²) in [6, 6.07) is 2.49. The van der Waals surface area contributed by atoms with Gasteiger partial charge in [-0.1, -0.05) is 6.07 Å². The van der Waals surface area contributed by atoms with Crippen molar-refractivity contribution in [3.63, 3.8) is 0 Å². The Balaban J connectivity index is 1.91. The summed E-state index contributed by atoms with van der Waals surface area (Å²) in [5, 5.41) is 3.93. The van der Waals surface area contributed by atoms with Gasteiger partial charge in [-0.15, -0.1) is 11.3 Å². The van der Waals surface area contributed by atoms with E-state index in [4.69, 9.17) is 5.73 Å². The third kappa shape index (κ3) is 3.71. The Bertz CT molecular complexity index is 606. The molecule has 10 heteroatoms. The summed E-state index contributed by atoms with van der Waals surface area (Å²) < 4.78 is 26.3. The summed E-state index contributed by atoms with van der Waals surface area (Å²) in [7, 11) is -3.47. The lowest BCUT2D eigenvalue weighted by atomic mass is 10.3. The lowest BCUT2D eigenvalue weighted by molar-refractivity contribution is -0.131. The number of carbonyl (C=O) groups is 2. The maximum Gasteiger partial charge on any atom is 0.312 e. The third-order valence-electron chi connectivity index (χ3n) is 3.09. The molecule has 1 aliphatic heterocycles. The molecule has 1 aromatic heterocycles.